The van der Waals surface area contributed by atoms with Crippen LogP contribution >= 0.6 is 11.6 Å². The highest BCUT2D eigenvalue weighted by Gasteiger charge is 1.99. The third-order valence-electron chi connectivity index (χ3n) is 1.16. The summed E-state index contributed by atoms with van der Waals surface area (Å²) in [5.41, 5.74) is 1.35. The Labute approximate surface area is 61.6 Å². The number of halogens is 1. The average Bonchev–Trinajstić information content (AvgIpc) is 2.27. The molecule has 10 heavy (non-hydrogen) atoms. The number of pyridine rings is 1. The Hall–Kier alpha value is -1.09. The fourth-order valence-electron chi connectivity index (χ4n) is 0.752. The highest BCUT2D eigenvalue weighted by Crippen LogP contribution is 2.16. The molecule has 0 saturated heterocycles. The maximum absolute atomic E-state index is 5.48. The lowest BCUT2D eigenvalue weighted by Gasteiger charge is -1.78. The van der Waals surface area contributed by atoms with Crippen LogP contribution in [0.4, 0.5) is 0 Å². The van der Waals surface area contributed by atoms with E-state index in [2.05, 4.69) is 9.97 Å². The summed E-state index contributed by atoms with van der Waals surface area (Å²) in [6.45, 7) is 0. The van der Waals surface area contributed by atoms with Crippen molar-refractivity contribution < 1.29 is 4.42 Å². The van der Waals surface area contributed by atoms with Crippen molar-refractivity contribution in [2.45, 2.75) is 0 Å². The second-order valence-corrected chi connectivity index (χ2v) is 2.13. The van der Waals surface area contributed by atoms with E-state index in [-0.39, 0.29) is 5.35 Å². The number of aromatic nitrogens is 2. The molecule has 0 spiro atoms. The van der Waals surface area contributed by atoms with Crippen molar-refractivity contribution in [2.24, 2.45) is 0 Å². The fourth-order valence-corrected chi connectivity index (χ4v) is 0.926. The highest BCUT2D eigenvalue weighted by atomic mass is 35.5. The van der Waals surface area contributed by atoms with E-state index in [1.54, 1.807) is 18.5 Å². The van der Waals surface area contributed by atoms with Crippen molar-refractivity contribution in [3.05, 3.63) is 23.8 Å². The summed E-state index contributed by atoms with van der Waals surface area (Å²) in [6, 6.07) is 1.72. The smallest absolute Gasteiger partial charge is 0.293 e. The first-order chi connectivity index (χ1) is 4.86. The minimum atomic E-state index is 0.156. The van der Waals surface area contributed by atoms with E-state index in [1.165, 1.54) is 0 Å². The summed E-state index contributed by atoms with van der Waals surface area (Å²) in [5, 5.41) is 0.156. The molecule has 0 aliphatic carbocycles. The van der Waals surface area contributed by atoms with E-state index in [0.29, 0.717) is 11.1 Å². The molecule has 0 atom stereocenters. The molecule has 50 valence electrons. The van der Waals surface area contributed by atoms with Gasteiger partial charge in [0.15, 0.2) is 5.58 Å². The van der Waals surface area contributed by atoms with E-state index in [1.807, 2.05) is 0 Å². The minimum Gasteiger partial charge on any atom is -0.427 e. The predicted molar refractivity (Wildman–Crippen MR) is 36.8 cm³/mol. The number of nitrogens with zero attached hydrogens (tertiary/aromatic N) is 2. The zero-order valence-corrected chi connectivity index (χ0v) is 5.67. The molecule has 2 aromatic rings. The van der Waals surface area contributed by atoms with E-state index >= 15 is 0 Å². The van der Waals surface area contributed by atoms with E-state index in [0.717, 1.165) is 0 Å². The lowest BCUT2D eigenvalue weighted by molar-refractivity contribution is 0.604. The second-order valence-electron chi connectivity index (χ2n) is 1.81. The molecule has 0 radical (unpaired) electrons. The van der Waals surface area contributed by atoms with Crippen LogP contribution in [0.1, 0.15) is 0 Å². The van der Waals surface area contributed by atoms with E-state index < -0.39 is 0 Å². The monoisotopic (exact) mass is 154 g/mol. The first-order valence-corrected chi connectivity index (χ1v) is 3.10. The van der Waals surface area contributed by atoms with Crippen LogP contribution in [-0.2, 0) is 0 Å². The SMILES string of the molecule is Clc1nc2cnccc2o1. The normalized spacial score (nSPS) is 10.5. The van der Waals surface area contributed by atoms with Crippen LogP contribution < -0.4 is 0 Å². The fraction of sp³-hybridized carbons (Fsp3) is 0. The molecule has 2 aromatic heterocycles. The van der Waals surface area contributed by atoms with Gasteiger partial charge in [0, 0.05) is 12.3 Å². The maximum Gasteiger partial charge on any atom is 0.293 e. The zero-order valence-electron chi connectivity index (χ0n) is 4.91. The van der Waals surface area contributed by atoms with Gasteiger partial charge in [-0.25, -0.2) is 0 Å². The van der Waals surface area contributed by atoms with Gasteiger partial charge in [-0.05, 0) is 11.6 Å². The molecule has 2 rings (SSSR count). The number of hydrogen-bond acceptors (Lipinski definition) is 3. The molecule has 0 unspecified atom stereocenters. The Kier molecular flexibility index (Phi) is 1.11. The Morgan fingerprint density at radius 2 is 2.40 bits per heavy atom. The molecule has 3 nitrogen and oxygen atoms in total. The standard InChI is InChI=1S/C6H3ClN2O/c7-6-9-4-3-8-2-1-5(4)10-6/h1-3H. The highest BCUT2D eigenvalue weighted by molar-refractivity contribution is 6.28. The van der Waals surface area contributed by atoms with Crippen LogP contribution in [0.25, 0.3) is 11.1 Å². The molecule has 0 N–H and O–H groups in total. The average molecular weight is 155 g/mol. The molecule has 0 aliphatic rings. The number of fused-ring (bicyclic) bond motifs is 1. The van der Waals surface area contributed by atoms with Crippen molar-refractivity contribution in [3.63, 3.8) is 0 Å². The Balaban J connectivity index is 2.88. The third-order valence-corrected chi connectivity index (χ3v) is 1.33. The summed E-state index contributed by atoms with van der Waals surface area (Å²) in [5.74, 6) is 0. The minimum absolute atomic E-state index is 0.156. The first kappa shape index (κ1) is 5.68. The molecular formula is C6H3ClN2O. The number of hydrogen-bond donors (Lipinski definition) is 0. The van der Waals surface area contributed by atoms with Crippen molar-refractivity contribution in [1.29, 1.82) is 0 Å². The van der Waals surface area contributed by atoms with Gasteiger partial charge in [0.1, 0.15) is 5.52 Å². The lowest BCUT2D eigenvalue weighted by atomic mass is 10.4. The molecule has 0 amide bonds. The van der Waals surface area contributed by atoms with Gasteiger partial charge in [0.2, 0.25) is 0 Å². The van der Waals surface area contributed by atoms with Crippen LogP contribution in [0.3, 0.4) is 0 Å². The Bertz CT molecular complexity index is 324. The van der Waals surface area contributed by atoms with Gasteiger partial charge in [-0.2, -0.15) is 4.98 Å². The third kappa shape index (κ3) is 0.752. The van der Waals surface area contributed by atoms with Gasteiger partial charge >= 0.3 is 0 Å². The number of rotatable bonds is 0. The van der Waals surface area contributed by atoms with Crippen LogP contribution in [0.5, 0.6) is 0 Å². The lowest BCUT2D eigenvalue weighted by Crippen LogP contribution is -1.68. The van der Waals surface area contributed by atoms with Gasteiger partial charge < -0.3 is 4.42 Å². The maximum atomic E-state index is 5.48. The largest absolute Gasteiger partial charge is 0.427 e. The topological polar surface area (TPSA) is 38.9 Å². The van der Waals surface area contributed by atoms with Crippen LogP contribution in [0.2, 0.25) is 5.35 Å². The molecule has 0 aliphatic heterocycles. The molecule has 4 heteroatoms. The molecule has 2 heterocycles. The zero-order chi connectivity index (χ0) is 6.97. The summed E-state index contributed by atoms with van der Waals surface area (Å²) in [7, 11) is 0. The molecule has 0 bridgehead atoms. The van der Waals surface area contributed by atoms with Crippen molar-refractivity contribution >= 4 is 22.7 Å². The Morgan fingerprint density at radius 1 is 1.50 bits per heavy atom. The van der Waals surface area contributed by atoms with Crippen LogP contribution in [0.15, 0.2) is 22.9 Å². The molecular weight excluding hydrogens is 152 g/mol. The van der Waals surface area contributed by atoms with Crippen molar-refractivity contribution in [3.8, 4) is 0 Å². The van der Waals surface area contributed by atoms with Gasteiger partial charge in [0.25, 0.3) is 5.35 Å². The molecule has 0 saturated carbocycles. The van der Waals surface area contributed by atoms with Crippen molar-refractivity contribution in [1.82, 2.24) is 9.97 Å². The summed E-state index contributed by atoms with van der Waals surface area (Å²) in [6.07, 6.45) is 3.23. The number of oxazole rings is 1. The van der Waals surface area contributed by atoms with Crippen LogP contribution in [-0.4, -0.2) is 9.97 Å². The van der Waals surface area contributed by atoms with Crippen LogP contribution in [0, 0.1) is 0 Å². The summed E-state index contributed by atoms with van der Waals surface area (Å²) >= 11 is 5.48. The van der Waals surface area contributed by atoms with E-state index in [4.69, 9.17) is 16.0 Å². The van der Waals surface area contributed by atoms with Gasteiger partial charge in [-0.15, -0.1) is 0 Å². The second kappa shape index (κ2) is 1.95. The van der Waals surface area contributed by atoms with E-state index in [9.17, 15) is 0 Å². The summed E-state index contributed by atoms with van der Waals surface area (Å²) < 4.78 is 4.98. The molecule has 0 fully saturated rings. The predicted octanol–water partition coefficient (Wildman–Crippen LogP) is 1.88. The first-order valence-electron chi connectivity index (χ1n) is 2.72. The van der Waals surface area contributed by atoms with Gasteiger partial charge in [-0.3, -0.25) is 4.98 Å². The quantitative estimate of drug-likeness (QED) is 0.582. The molecule has 0 aromatic carbocycles. The summed E-state index contributed by atoms with van der Waals surface area (Å²) in [4.78, 5) is 7.69. The van der Waals surface area contributed by atoms with Gasteiger partial charge in [0.05, 0.1) is 6.20 Å². The van der Waals surface area contributed by atoms with Gasteiger partial charge in [-0.1, -0.05) is 0 Å². The van der Waals surface area contributed by atoms with Crippen molar-refractivity contribution in [2.75, 3.05) is 0 Å². The Morgan fingerprint density at radius 3 is 3.20 bits per heavy atom.